The van der Waals surface area contributed by atoms with E-state index >= 15 is 0 Å². The van der Waals surface area contributed by atoms with Crippen molar-refractivity contribution in [1.82, 2.24) is 5.32 Å². The van der Waals surface area contributed by atoms with Gasteiger partial charge in [0.05, 0.1) is 0 Å². The van der Waals surface area contributed by atoms with Crippen LogP contribution < -0.4 is 5.32 Å². The molecule has 0 heterocycles. The quantitative estimate of drug-likeness (QED) is 0.598. The molecular weight excluding hydrogens is 154 g/mol. The summed E-state index contributed by atoms with van der Waals surface area (Å²) in [6.07, 6.45) is 1.08. The van der Waals surface area contributed by atoms with E-state index in [0.717, 1.165) is 13.0 Å². The van der Waals surface area contributed by atoms with Gasteiger partial charge < -0.3 is 9.47 Å². The highest BCUT2D eigenvalue weighted by atomic mass is 16.7. The molecule has 0 amide bonds. The van der Waals surface area contributed by atoms with Crippen LogP contribution in [0.3, 0.4) is 0 Å². The van der Waals surface area contributed by atoms with Crippen LogP contribution in [0.15, 0.2) is 0 Å². The van der Waals surface area contributed by atoms with E-state index in [9.17, 15) is 0 Å². The average molecular weight is 175 g/mol. The molecule has 0 fully saturated rings. The van der Waals surface area contributed by atoms with Gasteiger partial charge in [-0.25, -0.2) is 0 Å². The van der Waals surface area contributed by atoms with Gasteiger partial charge in [-0.1, -0.05) is 6.92 Å². The number of hydrogen-bond acceptors (Lipinski definition) is 3. The molecule has 0 aromatic carbocycles. The van der Waals surface area contributed by atoms with Crippen molar-refractivity contribution in [3.8, 4) is 0 Å². The lowest BCUT2D eigenvalue weighted by Gasteiger charge is -2.29. The van der Waals surface area contributed by atoms with Crippen molar-refractivity contribution >= 4 is 0 Å². The van der Waals surface area contributed by atoms with E-state index in [1.165, 1.54) is 0 Å². The Morgan fingerprint density at radius 2 is 1.58 bits per heavy atom. The Balaban J connectivity index is 3.80. The summed E-state index contributed by atoms with van der Waals surface area (Å²) in [6.45, 7) is 10.2. The normalized spacial score (nSPS) is 12.0. The third-order valence-corrected chi connectivity index (χ3v) is 1.54. The zero-order valence-corrected chi connectivity index (χ0v) is 8.64. The fraction of sp³-hybridized carbons (Fsp3) is 1.00. The largest absolute Gasteiger partial charge is 0.338 e. The standard InChI is InChI=1S/C9H21NO2/c1-5-8-10-9(4,11-6-2)12-7-3/h10H,5-8H2,1-4H3. The molecule has 0 saturated carbocycles. The van der Waals surface area contributed by atoms with Crippen LogP contribution in [0.5, 0.6) is 0 Å². The van der Waals surface area contributed by atoms with Crippen LogP contribution in [-0.2, 0) is 9.47 Å². The average Bonchev–Trinajstić information content (AvgIpc) is 2.02. The minimum absolute atomic E-state index is 0.598. The lowest BCUT2D eigenvalue weighted by Crippen LogP contribution is -2.47. The molecule has 0 aliphatic carbocycles. The van der Waals surface area contributed by atoms with E-state index in [1.807, 2.05) is 20.8 Å². The minimum atomic E-state index is -0.598. The summed E-state index contributed by atoms with van der Waals surface area (Å²) < 4.78 is 10.9. The lowest BCUT2D eigenvalue weighted by atomic mass is 10.4. The molecule has 12 heavy (non-hydrogen) atoms. The highest BCUT2D eigenvalue weighted by Crippen LogP contribution is 2.07. The van der Waals surface area contributed by atoms with Crippen LogP contribution >= 0.6 is 0 Å². The highest BCUT2D eigenvalue weighted by molar-refractivity contribution is 4.58. The van der Waals surface area contributed by atoms with Crippen molar-refractivity contribution in [3.63, 3.8) is 0 Å². The summed E-state index contributed by atoms with van der Waals surface area (Å²) >= 11 is 0. The van der Waals surface area contributed by atoms with E-state index in [2.05, 4.69) is 12.2 Å². The molecule has 74 valence electrons. The number of hydrogen-bond donors (Lipinski definition) is 1. The van der Waals surface area contributed by atoms with E-state index in [1.54, 1.807) is 0 Å². The molecule has 0 aliphatic rings. The Kier molecular flexibility index (Phi) is 6.34. The Morgan fingerprint density at radius 3 is 1.92 bits per heavy atom. The van der Waals surface area contributed by atoms with E-state index in [0.29, 0.717) is 13.2 Å². The van der Waals surface area contributed by atoms with Crippen molar-refractivity contribution in [2.45, 2.75) is 40.0 Å². The number of ether oxygens (including phenoxy) is 2. The van der Waals surface area contributed by atoms with Gasteiger partial charge in [0.15, 0.2) is 0 Å². The molecule has 0 saturated heterocycles. The SMILES string of the molecule is CCCNC(C)(OCC)OCC. The molecule has 0 aromatic rings. The molecule has 3 nitrogen and oxygen atoms in total. The molecule has 0 radical (unpaired) electrons. The molecule has 0 rings (SSSR count). The smallest absolute Gasteiger partial charge is 0.224 e. The predicted octanol–water partition coefficient (Wildman–Crippen LogP) is 1.73. The van der Waals surface area contributed by atoms with Gasteiger partial charge >= 0.3 is 0 Å². The third kappa shape index (κ3) is 4.70. The van der Waals surface area contributed by atoms with Crippen LogP contribution in [0.4, 0.5) is 0 Å². The van der Waals surface area contributed by atoms with E-state index < -0.39 is 5.91 Å². The summed E-state index contributed by atoms with van der Waals surface area (Å²) in [6, 6.07) is 0. The zero-order valence-electron chi connectivity index (χ0n) is 8.64. The van der Waals surface area contributed by atoms with Crippen LogP contribution in [0.2, 0.25) is 0 Å². The molecular formula is C9H21NO2. The second-order valence-corrected chi connectivity index (χ2v) is 2.74. The summed E-state index contributed by atoms with van der Waals surface area (Å²) in [7, 11) is 0. The summed E-state index contributed by atoms with van der Waals surface area (Å²) in [5, 5.41) is 3.20. The summed E-state index contributed by atoms with van der Waals surface area (Å²) in [5.41, 5.74) is 0. The fourth-order valence-corrected chi connectivity index (χ4v) is 1.05. The van der Waals surface area contributed by atoms with Gasteiger partial charge in [0.25, 0.3) is 0 Å². The van der Waals surface area contributed by atoms with Crippen molar-refractivity contribution in [2.24, 2.45) is 0 Å². The molecule has 3 heteroatoms. The highest BCUT2D eigenvalue weighted by Gasteiger charge is 2.22. The topological polar surface area (TPSA) is 30.5 Å². The Hall–Kier alpha value is -0.120. The molecule has 0 aromatic heterocycles. The summed E-state index contributed by atoms with van der Waals surface area (Å²) in [4.78, 5) is 0. The molecule has 0 aliphatic heterocycles. The second-order valence-electron chi connectivity index (χ2n) is 2.74. The molecule has 0 bridgehead atoms. The van der Waals surface area contributed by atoms with Gasteiger partial charge in [-0.2, -0.15) is 0 Å². The predicted molar refractivity (Wildman–Crippen MR) is 50.0 cm³/mol. The monoisotopic (exact) mass is 175 g/mol. The second kappa shape index (κ2) is 6.40. The molecule has 1 N–H and O–H groups in total. The van der Waals surface area contributed by atoms with Gasteiger partial charge in [0, 0.05) is 20.1 Å². The van der Waals surface area contributed by atoms with Gasteiger partial charge in [0.2, 0.25) is 5.91 Å². The van der Waals surface area contributed by atoms with Crippen molar-refractivity contribution < 1.29 is 9.47 Å². The lowest BCUT2D eigenvalue weighted by molar-refractivity contribution is -0.240. The van der Waals surface area contributed by atoms with Crippen molar-refractivity contribution in [3.05, 3.63) is 0 Å². The minimum Gasteiger partial charge on any atom is -0.338 e. The Morgan fingerprint density at radius 1 is 1.08 bits per heavy atom. The van der Waals surface area contributed by atoms with Crippen LogP contribution in [-0.4, -0.2) is 25.7 Å². The molecule has 0 unspecified atom stereocenters. The maximum absolute atomic E-state index is 5.44. The molecule has 0 atom stereocenters. The van der Waals surface area contributed by atoms with Crippen LogP contribution in [0.1, 0.15) is 34.1 Å². The van der Waals surface area contributed by atoms with Crippen LogP contribution in [0, 0.1) is 0 Å². The Bertz CT molecular complexity index is 101. The van der Waals surface area contributed by atoms with Crippen molar-refractivity contribution in [1.29, 1.82) is 0 Å². The van der Waals surface area contributed by atoms with E-state index in [-0.39, 0.29) is 0 Å². The maximum atomic E-state index is 5.44. The van der Waals surface area contributed by atoms with Crippen LogP contribution in [0.25, 0.3) is 0 Å². The Labute approximate surface area is 75.4 Å². The van der Waals surface area contributed by atoms with Gasteiger partial charge in [0.1, 0.15) is 0 Å². The van der Waals surface area contributed by atoms with Gasteiger partial charge in [-0.05, 0) is 26.8 Å². The van der Waals surface area contributed by atoms with E-state index in [4.69, 9.17) is 9.47 Å². The summed E-state index contributed by atoms with van der Waals surface area (Å²) in [5.74, 6) is -0.598. The van der Waals surface area contributed by atoms with Crippen molar-refractivity contribution in [2.75, 3.05) is 19.8 Å². The third-order valence-electron chi connectivity index (χ3n) is 1.54. The first kappa shape index (κ1) is 11.9. The first-order valence-electron chi connectivity index (χ1n) is 4.71. The van der Waals surface area contributed by atoms with Gasteiger partial charge in [-0.15, -0.1) is 0 Å². The number of nitrogens with one attached hydrogen (secondary N) is 1. The van der Waals surface area contributed by atoms with Gasteiger partial charge in [-0.3, -0.25) is 5.32 Å². The first-order valence-corrected chi connectivity index (χ1v) is 4.71. The maximum Gasteiger partial charge on any atom is 0.224 e. The number of rotatable bonds is 7. The molecule has 0 spiro atoms. The first-order chi connectivity index (χ1) is 5.68. The zero-order chi connectivity index (χ0) is 9.45. The fourth-order valence-electron chi connectivity index (χ4n) is 1.05.